The van der Waals surface area contributed by atoms with Gasteiger partial charge in [0.1, 0.15) is 5.75 Å². The lowest BCUT2D eigenvalue weighted by atomic mass is 10.1. The fourth-order valence-electron chi connectivity index (χ4n) is 2.49. The van der Waals surface area contributed by atoms with E-state index < -0.39 is 0 Å². The minimum Gasteiger partial charge on any atom is -0.497 e. The van der Waals surface area contributed by atoms with Crippen molar-refractivity contribution in [1.29, 1.82) is 0 Å². The summed E-state index contributed by atoms with van der Waals surface area (Å²) in [6.45, 7) is 4.17. The number of hydrogen-bond donors (Lipinski definition) is 0. The van der Waals surface area contributed by atoms with Crippen LogP contribution in [0.15, 0.2) is 55.1 Å². The van der Waals surface area contributed by atoms with Crippen LogP contribution in [0.5, 0.6) is 5.75 Å². The number of ether oxygens (including phenoxy) is 1. The van der Waals surface area contributed by atoms with E-state index in [1.54, 1.807) is 31.4 Å². The average molecular weight is 293 g/mol. The first kappa shape index (κ1) is 14.1. The summed E-state index contributed by atoms with van der Waals surface area (Å²) in [5.74, 6) is 0.211. The van der Waals surface area contributed by atoms with Crippen LogP contribution in [0.4, 0.5) is 0 Å². The van der Waals surface area contributed by atoms with E-state index >= 15 is 0 Å². The van der Waals surface area contributed by atoms with Gasteiger partial charge < -0.3 is 4.74 Å². The molecule has 2 aromatic carbocycles. The van der Waals surface area contributed by atoms with Crippen molar-refractivity contribution in [3.63, 3.8) is 0 Å². The SMILES string of the molecule is C=C(CN1C(=O)c2ccccc2C1=O)c1ccc(OC)cc1. The van der Waals surface area contributed by atoms with Crippen molar-refractivity contribution < 1.29 is 14.3 Å². The molecular formula is C18H15NO3. The van der Waals surface area contributed by atoms with Crippen LogP contribution in [0.25, 0.3) is 5.57 Å². The molecule has 1 aliphatic rings. The maximum absolute atomic E-state index is 12.3. The van der Waals surface area contributed by atoms with Crippen LogP contribution >= 0.6 is 0 Å². The van der Waals surface area contributed by atoms with Gasteiger partial charge in [-0.05, 0) is 35.4 Å². The molecule has 0 fully saturated rings. The molecule has 1 aliphatic heterocycles. The number of carbonyl (C=O) groups is 2. The first-order valence-corrected chi connectivity index (χ1v) is 6.89. The molecule has 1 heterocycles. The maximum atomic E-state index is 12.3. The lowest BCUT2D eigenvalue weighted by Gasteiger charge is -2.16. The molecule has 2 aromatic rings. The normalized spacial score (nSPS) is 13.2. The third-order valence-corrected chi connectivity index (χ3v) is 3.73. The molecule has 22 heavy (non-hydrogen) atoms. The number of fused-ring (bicyclic) bond motifs is 1. The number of carbonyl (C=O) groups excluding carboxylic acids is 2. The monoisotopic (exact) mass is 293 g/mol. The van der Waals surface area contributed by atoms with E-state index in [0.29, 0.717) is 16.7 Å². The Balaban J connectivity index is 1.80. The van der Waals surface area contributed by atoms with Crippen LogP contribution in [0.3, 0.4) is 0 Å². The third kappa shape index (κ3) is 2.29. The van der Waals surface area contributed by atoms with Crippen molar-refractivity contribution in [2.45, 2.75) is 0 Å². The van der Waals surface area contributed by atoms with Crippen molar-refractivity contribution in [3.05, 3.63) is 71.8 Å². The van der Waals surface area contributed by atoms with Crippen LogP contribution in [0.2, 0.25) is 0 Å². The number of imide groups is 1. The van der Waals surface area contributed by atoms with E-state index in [9.17, 15) is 9.59 Å². The highest BCUT2D eigenvalue weighted by atomic mass is 16.5. The van der Waals surface area contributed by atoms with Crippen LogP contribution < -0.4 is 4.74 Å². The Hall–Kier alpha value is -2.88. The molecule has 0 saturated heterocycles. The van der Waals surface area contributed by atoms with Gasteiger partial charge in [0.2, 0.25) is 0 Å². The lowest BCUT2D eigenvalue weighted by molar-refractivity contribution is 0.0675. The second kappa shape index (κ2) is 5.48. The van der Waals surface area contributed by atoms with Crippen molar-refractivity contribution >= 4 is 17.4 Å². The number of hydrogen-bond acceptors (Lipinski definition) is 3. The summed E-state index contributed by atoms with van der Waals surface area (Å²) in [5, 5.41) is 0. The number of amides is 2. The molecule has 0 N–H and O–H groups in total. The highest BCUT2D eigenvalue weighted by molar-refractivity contribution is 6.21. The molecule has 0 radical (unpaired) electrons. The van der Waals surface area contributed by atoms with Crippen LogP contribution in [-0.4, -0.2) is 30.4 Å². The van der Waals surface area contributed by atoms with Crippen molar-refractivity contribution in [2.75, 3.05) is 13.7 Å². The fourth-order valence-corrected chi connectivity index (χ4v) is 2.49. The van der Waals surface area contributed by atoms with Crippen molar-refractivity contribution in [1.82, 2.24) is 4.90 Å². The highest BCUT2D eigenvalue weighted by Gasteiger charge is 2.35. The van der Waals surface area contributed by atoms with Gasteiger partial charge in [-0.15, -0.1) is 0 Å². The predicted octanol–water partition coefficient (Wildman–Crippen LogP) is 3.00. The summed E-state index contributed by atoms with van der Waals surface area (Å²) >= 11 is 0. The predicted molar refractivity (Wildman–Crippen MR) is 83.8 cm³/mol. The Kier molecular flexibility index (Phi) is 3.51. The molecular weight excluding hydrogens is 278 g/mol. The topological polar surface area (TPSA) is 46.6 Å². The molecule has 2 amide bonds. The van der Waals surface area contributed by atoms with Gasteiger partial charge in [0, 0.05) is 0 Å². The van der Waals surface area contributed by atoms with Gasteiger partial charge >= 0.3 is 0 Å². The minimum absolute atomic E-state index is 0.179. The van der Waals surface area contributed by atoms with E-state index in [1.165, 1.54) is 4.90 Å². The molecule has 0 bridgehead atoms. The molecule has 0 saturated carbocycles. The Morgan fingerprint density at radius 1 is 1.00 bits per heavy atom. The first-order chi connectivity index (χ1) is 10.6. The van der Waals surface area contributed by atoms with E-state index in [-0.39, 0.29) is 18.4 Å². The standard InChI is InChI=1S/C18H15NO3/c1-12(13-7-9-14(22-2)10-8-13)11-19-17(20)15-5-3-4-6-16(15)18(19)21/h3-10H,1,11H2,2H3. The summed E-state index contributed by atoms with van der Waals surface area (Å²) in [4.78, 5) is 25.9. The largest absolute Gasteiger partial charge is 0.497 e. The Bertz CT molecular complexity index is 727. The first-order valence-electron chi connectivity index (χ1n) is 6.89. The molecule has 4 heteroatoms. The number of rotatable bonds is 4. The molecule has 0 atom stereocenters. The molecule has 0 unspecified atom stereocenters. The van der Waals surface area contributed by atoms with E-state index in [2.05, 4.69) is 6.58 Å². The van der Waals surface area contributed by atoms with Gasteiger partial charge in [0.15, 0.2) is 0 Å². The smallest absolute Gasteiger partial charge is 0.261 e. The zero-order chi connectivity index (χ0) is 15.7. The second-order valence-electron chi connectivity index (χ2n) is 5.07. The van der Waals surface area contributed by atoms with Gasteiger partial charge in [-0.2, -0.15) is 0 Å². The van der Waals surface area contributed by atoms with Gasteiger partial charge in [0.25, 0.3) is 11.8 Å². The van der Waals surface area contributed by atoms with Gasteiger partial charge in [0.05, 0.1) is 24.8 Å². The molecule has 0 spiro atoms. The van der Waals surface area contributed by atoms with Crippen molar-refractivity contribution in [3.8, 4) is 5.75 Å². The third-order valence-electron chi connectivity index (χ3n) is 3.73. The minimum atomic E-state index is -0.268. The maximum Gasteiger partial charge on any atom is 0.261 e. The van der Waals surface area contributed by atoms with E-state index in [1.807, 2.05) is 24.3 Å². The molecule has 0 aliphatic carbocycles. The molecule has 3 rings (SSSR count). The van der Waals surface area contributed by atoms with Gasteiger partial charge in [-0.3, -0.25) is 14.5 Å². The second-order valence-corrected chi connectivity index (χ2v) is 5.07. The number of nitrogens with zero attached hydrogens (tertiary/aromatic N) is 1. The number of methoxy groups -OCH3 is 1. The van der Waals surface area contributed by atoms with Crippen molar-refractivity contribution in [2.24, 2.45) is 0 Å². The van der Waals surface area contributed by atoms with Crippen LogP contribution in [-0.2, 0) is 0 Å². The summed E-state index contributed by atoms with van der Waals surface area (Å²) in [6, 6.07) is 14.2. The zero-order valence-electron chi connectivity index (χ0n) is 12.2. The Labute approximate surface area is 128 Å². The molecule has 110 valence electrons. The number of benzene rings is 2. The summed E-state index contributed by atoms with van der Waals surface area (Å²) in [6.07, 6.45) is 0. The molecule has 4 nitrogen and oxygen atoms in total. The van der Waals surface area contributed by atoms with E-state index in [0.717, 1.165) is 11.3 Å². The Morgan fingerprint density at radius 2 is 1.55 bits per heavy atom. The lowest BCUT2D eigenvalue weighted by Crippen LogP contribution is -2.31. The summed E-state index contributed by atoms with van der Waals surface area (Å²) in [5.41, 5.74) is 2.49. The van der Waals surface area contributed by atoms with Gasteiger partial charge in [-0.25, -0.2) is 0 Å². The van der Waals surface area contributed by atoms with E-state index in [4.69, 9.17) is 4.74 Å². The summed E-state index contributed by atoms with van der Waals surface area (Å²) in [7, 11) is 1.60. The van der Waals surface area contributed by atoms with Crippen LogP contribution in [0.1, 0.15) is 26.3 Å². The highest BCUT2D eigenvalue weighted by Crippen LogP contribution is 2.25. The Morgan fingerprint density at radius 3 is 2.05 bits per heavy atom. The fraction of sp³-hybridized carbons (Fsp3) is 0.111. The average Bonchev–Trinajstić information content (AvgIpc) is 2.80. The quantitative estimate of drug-likeness (QED) is 0.814. The molecule has 0 aromatic heterocycles. The summed E-state index contributed by atoms with van der Waals surface area (Å²) < 4.78 is 5.11. The van der Waals surface area contributed by atoms with Gasteiger partial charge in [-0.1, -0.05) is 30.8 Å². The van der Waals surface area contributed by atoms with Crippen LogP contribution in [0, 0.1) is 0 Å². The zero-order valence-corrected chi connectivity index (χ0v) is 12.2.